The molecule has 0 aliphatic rings. The summed E-state index contributed by atoms with van der Waals surface area (Å²) in [6.07, 6.45) is 1.68. The van der Waals surface area contributed by atoms with Crippen LogP contribution in [-0.2, 0) is 5.41 Å². The van der Waals surface area contributed by atoms with E-state index in [1.165, 1.54) is 0 Å². The van der Waals surface area contributed by atoms with Crippen LogP contribution in [0.3, 0.4) is 0 Å². The lowest BCUT2D eigenvalue weighted by atomic mass is 9.93. The summed E-state index contributed by atoms with van der Waals surface area (Å²) < 4.78 is 0. The van der Waals surface area contributed by atoms with Crippen molar-refractivity contribution in [3.63, 3.8) is 0 Å². The first-order chi connectivity index (χ1) is 8.86. The number of hydrogen-bond acceptors (Lipinski definition) is 5. The molecule has 0 aliphatic heterocycles. The molecule has 0 spiro atoms. The summed E-state index contributed by atoms with van der Waals surface area (Å²) in [6, 6.07) is 3.61. The van der Waals surface area contributed by atoms with Gasteiger partial charge in [0.05, 0.1) is 5.69 Å². The fourth-order valence-corrected chi connectivity index (χ4v) is 2.51. The second kappa shape index (κ2) is 5.22. The van der Waals surface area contributed by atoms with E-state index in [1.54, 1.807) is 23.6 Å². The molecule has 0 amide bonds. The lowest BCUT2D eigenvalue weighted by Crippen LogP contribution is -2.11. The van der Waals surface area contributed by atoms with E-state index in [-0.39, 0.29) is 5.41 Å². The first-order valence-corrected chi connectivity index (χ1v) is 7.14. The largest absolute Gasteiger partial charge is 0.389 e. The van der Waals surface area contributed by atoms with E-state index in [0.29, 0.717) is 10.8 Å². The molecule has 0 saturated carbocycles. The molecule has 2 aromatic rings. The minimum absolute atomic E-state index is 0.0462. The number of thiazole rings is 1. The van der Waals surface area contributed by atoms with Gasteiger partial charge >= 0.3 is 0 Å². The normalized spacial score (nSPS) is 11.3. The number of hydrogen-bond donors (Lipinski definition) is 2. The van der Waals surface area contributed by atoms with Crippen LogP contribution in [0.5, 0.6) is 0 Å². The monoisotopic (exact) mass is 292 g/mol. The molecule has 19 heavy (non-hydrogen) atoms. The Kier molecular flexibility index (Phi) is 3.82. The average Bonchev–Trinajstić information content (AvgIpc) is 2.77. The van der Waals surface area contributed by atoms with Crippen LogP contribution < -0.4 is 11.1 Å². The SMILES string of the molecule is CC(C)(C)c1csc(Nc2cc(C(N)=S)ccn2)n1. The van der Waals surface area contributed by atoms with Crippen LogP contribution in [0.25, 0.3) is 0 Å². The molecule has 0 unspecified atom stereocenters. The number of nitrogens with two attached hydrogens (primary N) is 1. The van der Waals surface area contributed by atoms with Crippen LogP contribution in [0.4, 0.5) is 10.9 Å². The van der Waals surface area contributed by atoms with Crippen LogP contribution in [-0.4, -0.2) is 15.0 Å². The molecule has 4 nitrogen and oxygen atoms in total. The molecule has 100 valence electrons. The van der Waals surface area contributed by atoms with E-state index in [9.17, 15) is 0 Å². The van der Waals surface area contributed by atoms with Gasteiger partial charge < -0.3 is 11.1 Å². The average molecular weight is 292 g/mol. The number of aromatic nitrogens is 2. The van der Waals surface area contributed by atoms with E-state index in [1.807, 2.05) is 6.07 Å². The smallest absolute Gasteiger partial charge is 0.188 e. The van der Waals surface area contributed by atoms with Gasteiger partial charge in [-0.3, -0.25) is 0 Å². The third-order valence-electron chi connectivity index (χ3n) is 2.55. The van der Waals surface area contributed by atoms with Gasteiger partial charge in [0.25, 0.3) is 0 Å². The fourth-order valence-electron chi connectivity index (χ4n) is 1.44. The maximum atomic E-state index is 5.60. The van der Waals surface area contributed by atoms with Crippen molar-refractivity contribution in [2.24, 2.45) is 5.73 Å². The van der Waals surface area contributed by atoms with Crippen LogP contribution in [0, 0.1) is 0 Å². The summed E-state index contributed by atoms with van der Waals surface area (Å²) >= 11 is 6.51. The van der Waals surface area contributed by atoms with Crippen LogP contribution in [0.15, 0.2) is 23.7 Å². The van der Waals surface area contributed by atoms with E-state index in [4.69, 9.17) is 18.0 Å². The second-order valence-electron chi connectivity index (χ2n) is 5.21. The summed E-state index contributed by atoms with van der Waals surface area (Å²) in [4.78, 5) is 9.14. The highest BCUT2D eigenvalue weighted by Gasteiger charge is 2.17. The van der Waals surface area contributed by atoms with Gasteiger partial charge in [-0.2, -0.15) is 0 Å². The van der Waals surface area contributed by atoms with Gasteiger partial charge in [0, 0.05) is 22.6 Å². The summed E-state index contributed by atoms with van der Waals surface area (Å²) in [7, 11) is 0. The molecule has 0 aromatic carbocycles. The highest BCUT2D eigenvalue weighted by atomic mass is 32.1. The van der Waals surface area contributed by atoms with Crippen molar-refractivity contribution in [2.45, 2.75) is 26.2 Å². The van der Waals surface area contributed by atoms with E-state index >= 15 is 0 Å². The van der Waals surface area contributed by atoms with Gasteiger partial charge in [-0.1, -0.05) is 33.0 Å². The molecular formula is C13H16N4S2. The highest BCUT2D eigenvalue weighted by molar-refractivity contribution is 7.80. The Morgan fingerprint density at radius 2 is 2.16 bits per heavy atom. The summed E-state index contributed by atoms with van der Waals surface area (Å²) in [5, 5.41) is 6.05. The Morgan fingerprint density at radius 1 is 1.42 bits per heavy atom. The van der Waals surface area contributed by atoms with Gasteiger partial charge in [0.15, 0.2) is 5.13 Å². The Morgan fingerprint density at radius 3 is 2.74 bits per heavy atom. The highest BCUT2D eigenvalue weighted by Crippen LogP contribution is 2.27. The number of rotatable bonds is 3. The van der Waals surface area contributed by atoms with Gasteiger partial charge in [-0.05, 0) is 12.1 Å². The molecular weight excluding hydrogens is 276 g/mol. The lowest BCUT2D eigenvalue weighted by Gasteiger charge is -2.14. The maximum absolute atomic E-state index is 5.60. The summed E-state index contributed by atoms with van der Waals surface area (Å²) in [6.45, 7) is 6.41. The van der Waals surface area contributed by atoms with Gasteiger partial charge in [-0.25, -0.2) is 9.97 Å². The number of pyridine rings is 1. The third-order valence-corrected chi connectivity index (χ3v) is 3.55. The summed E-state index contributed by atoms with van der Waals surface area (Å²) in [5.74, 6) is 0.695. The van der Waals surface area contributed by atoms with Crippen molar-refractivity contribution in [1.29, 1.82) is 0 Å². The zero-order chi connectivity index (χ0) is 14.0. The molecule has 3 N–H and O–H groups in total. The van der Waals surface area contributed by atoms with Crippen LogP contribution >= 0.6 is 23.6 Å². The van der Waals surface area contributed by atoms with Crippen LogP contribution in [0.2, 0.25) is 0 Å². The number of nitrogens with zero attached hydrogens (tertiary/aromatic N) is 2. The fraction of sp³-hybridized carbons (Fsp3) is 0.308. The zero-order valence-corrected chi connectivity index (χ0v) is 12.7. The quantitative estimate of drug-likeness (QED) is 0.850. The van der Waals surface area contributed by atoms with E-state index in [0.717, 1.165) is 16.4 Å². The van der Waals surface area contributed by atoms with Crippen molar-refractivity contribution in [1.82, 2.24) is 9.97 Å². The predicted molar refractivity (Wildman–Crippen MR) is 84.2 cm³/mol. The number of nitrogens with one attached hydrogen (secondary N) is 1. The summed E-state index contributed by atoms with van der Waals surface area (Å²) in [5.41, 5.74) is 7.50. The van der Waals surface area contributed by atoms with Crippen molar-refractivity contribution < 1.29 is 0 Å². The number of thiocarbonyl (C=S) groups is 1. The molecule has 6 heteroatoms. The van der Waals surface area contributed by atoms with Crippen LogP contribution in [0.1, 0.15) is 32.0 Å². The lowest BCUT2D eigenvalue weighted by molar-refractivity contribution is 0.573. The third kappa shape index (κ3) is 3.48. The van der Waals surface area contributed by atoms with Gasteiger partial charge in [-0.15, -0.1) is 11.3 Å². The van der Waals surface area contributed by atoms with Gasteiger partial charge in [0.1, 0.15) is 10.8 Å². The predicted octanol–water partition coefficient (Wildman–Crippen LogP) is 3.21. The zero-order valence-electron chi connectivity index (χ0n) is 11.1. The van der Waals surface area contributed by atoms with Crippen molar-refractivity contribution in [3.8, 4) is 0 Å². The van der Waals surface area contributed by atoms with Crippen molar-refractivity contribution >= 4 is 39.5 Å². The van der Waals surface area contributed by atoms with E-state index in [2.05, 4.69) is 41.4 Å². The Balaban J connectivity index is 2.19. The maximum Gasteiger partial charge on any atom is 0.188 e. The first-order valence-electron chi connectivity index (χ1n) is 5.85. The van der Waals surface area contributed by atoms with Crippen molar-refractivity contribution in [3.05, 3.63) is 35.0 Å². The Labute approximate surface area is 122 Å². The minimum atomic E-state index is 0.0462. The Bertz CT molecular complexity index is 599. The molecule has 0 saturated heterocycles. The van der Waals surface area contributed by atoms with Gasteiger partial charge in [0.2, 0.25) is 0 Å². The first kappa shape index (κ1) is 13.9. The molecule has 0 aliphatic carbocycles. The second-order valence-corrected chi connectivity index (χ2v) is 6.50. The van der Waals surface area contributed by atoms with E-state index < -0.39 is 0 Å². The molecule has 0 fully saturated rings. The minimum Gasteiger partial charge on any atom is -0.389 e. The molecule has 0 bridgehead atoms. The molecule has 2 heterocycles. The molecule has 2 aromatic heterocycles. The topological polar surface area (TPSA) is 63.8 Å². The molecule has 2 rings (SSSR count). The molecule has 0 atom stereocenters. The standard InChI is InChI=1S/C13H16N4S2/c1-13(2,3)9-7-19-12(16-9)17-10-6-8(11(14)18)4-5-15-10/h4-7H,1-3H3,(H2,14,18)(H,15,16,17). The Hall–Kier alpha value is -1.53. The number of anilines is 2. The van der Waals surface area contributed by atoms with Crippen molar-refractivity contribution in [2.75, 3.05) is 5.32 Å². The molecule has 0 radical (unpaired) electrons.